The summed E-state index contributed by atoms with van der Waals surface area (Å²) in [4.78, 5) is 2.81. The number of likely N-dealkylation sites (tertiary alicyclic amines) is 1. The van der Waals surface area contributed by atoms with Crippen LogP contribution in [-0.4, -0.2) is 31.7 Å². The third kappa shape index (κ3) is 2.36. The third-order valence-corrected chi connectivity index (χ3v) is 9.45. The van der Waals surface area contributed by atoms with Gasteiger partial charge in [-0.1, -0.05) is 31.5 Å². The van der Waals surface area contributed by atoms with Crippen LogP contribution in [0.15, 0.2) is 12.7 Å². The summed E-state index contributed by atoms with van der Waals surface area (Å²) in [7, 11) is -1.02. The van der Waals surface area contributed by atoms with Crippen LogP contribution in [0.1, 0.15) is 32.1 Å². The lowest BCUT2D eigenvalue weighted by atomic mass is 10.2. The van der Waals surface area contributed by atoms with E-state index in [0.29, 0.717) is 0 Å². The van der Waals surface area contributed by atoms with Gasteiger partial charge in [-0.2, -0.15) is 0 Å². The first kappa shape index (κ1) is 11.4. The fourth-order valence-corrected chi connectivity index (χ4v) is 8.19. The molecule has 0 aliphatic carbocycles. The van der Waals surface area contributed by atoms with E-state index in [2.05, 4.69) is 24.1 Å². The van der Waals surface area contributed by atoms with E-state index < -0.39 is 8.07 Å². The topological polar surface area (TPSA) is 3.24 Å². The van der Waals surface area contributed by atoms with Crippen LogP contribution in [0.3, 0.4) is 0 Å². The highest BCUT2D eigenvalue weighted by Crippen LogP contribution is 2.35. The first-order valence-electron chi connectivity index (χ1n) is 6.61. The maximum atomic E-state index is 3.98. The van der Waals surface area contributed by atoms with E-state index in [-0.39, 0.29) is 0 Å². The van der Waals surface area contributed by atoms with Gasteiger partial charge in [-0.3, -0.25) is 0 Å². The Hall–Kier alpha value is -0.0831. The summed E-state index contributed by atoms with van der Waals surface area (Å²) < 4.78 is 0. The first-order valence-corrected chi connectivity index (χ1v) is 9.60. The van der Waals surface area contributed by atoms with Crippen molar-refractivity contribution < 1.29 is 0 Å². The molecule has 0 spiro atoms. The molecule has 2 saturated heterocycles. The average Bonchev–Trinajstić information content (AvgIpc) is 2.71. The van der Waals surface area contributed by atoms with Crippen LogP contribution in [0, 0.1) is 0 Å². The molecular formula is C13H25NSi. The molecule has 2 rings (SSSR count). The molecule has 2 atom stereocenters. The van der Waals surface area contributed by atoms with Gasteiger partial charge in [0.25, 0.3) is 0 Å². The van der Waals surface area contributed by atoms with Gasteiger partial charge >= 0.3 is 0 Å². The molecule has 2 fully saturated rings. The molecular weight excluding hydrogens is 198 g/mol. The van der Waals surface area contributed by atoms with Gasteiger partial charge in [-0.25, -0.2) is 0 Å². The Morgan fingerprint density at radius 2 is 2.00 bits per heavy atom. The van der Waals surface area contributed by atoms with Gasteiger partial charge in [0.1, 0.15) is 0 Å². The SMILES string of the molecule is C=CC[Si]1(C)CCCCC1N1CCCC1. The maximum absolute atomic E-state index is 3.98. The largest absolute Gasteiger partial charge is 0.303 e. The van der Waals surface area contributed by atoms with Gasteiger partial charge < -0.3 is 4.90 Å². The molecule has 0 radical (unpaired) electrons. The Labute approximate surface area is 95.6 Å². The van der Waals surface area contributed by atoms with Crippen LogP contribution < -0.4 is 0 Å². The zero-order valence-electron chi connectivity index (χ0n) is 10.2. The Kier molecular flexibility index (Phi) is 3.67. The summed E-state index contributed by atoms with van der Waals surface area (Å²) >= 11 is 0. The molecule has 2 unspecified atom stereocenters. The van der Waals surface area contributed by atoms with E-state index in [1.165, 1.54) is 51.2 Å². The zero-order chi connectivity index (χ0) is 10.7. The van der Waals surface area contributed by atoms with Crippen molar-refractivity contribution in [3.63, 3.8) is 0 Å². The van der Waals surface area contributed by atoms with Crippen molar-refractivity contribution in [3.05, 3.63) is 12.7 Å². The van der Waals surface area contributed by atoms with Crippen molar-refractivity contribution >= 4 is 8.07 Å². The van der Waals surface area contributed by atoms with Gasteiger partial charge in [-0.05, 0) is 38.4 Å². The van der Waals surface area contributed by atoms with E-state index in [1.54, 1.807) is 6.04 Å². The number of hydrogen-bond donors (Lipinski definition) is 0. The van der Waals surface area contributed by atoms with E-state index in [4.69, 9.17) is 0 Å². The Balaban J connectivity index is 2.07. The molecule has 0 saturated carbocycles. The van der Waals surface area contributed by atoms with Crippen molar-refractivity contribution in [2.75, 3.05) is 13.1 Å². The highest BCUT2D eigenvalue weighted by atomic mass is 28.3. The molecule has 2 heterocycles. The molecule has 2 aliphatic rings. The summed E-state index contributed by atoms with van der Waals surface area (Å²) in [5.41, 5.74) is 0.978. The Bertz CT molecular complexity index is 223. The summed E-state index contributed by atoms with van der Waals surface area (Å²) in [6, 6.07) is 2.88. The Morgan fingerprint density at radius 3 is 2.67 bits per heavy atom. The number of nitrogens with zero attached hydrogens (tertiary/aromatic N) is 1. The second-order valence-electron chi connectivity index (χ2n) is 5.65. The van der Waals surface area contributed by atoms with Crippen LogP contribution in [-0.2, 0) is 0 Å². The molecule has 0 bridgehead atoms. The van der Waals surface area contributed by atoms with E-state index in [1.807, 2.05) is 0 Å². The van der Waals surface area contributed by atoms with E-state index in [0.717, 1.165) is 5.67 Å². The molecule has 1 nitrogen and oxygen atoms in total. The third-order valence-electron chi connectivity index (χ3n) is 4.47. The Morgan fingerprint density at radius 1 is 1.27 bits per heavy atom. The molecule has 86 valence electrons. The average molecular weight is 223 g/mol. The molecule has 2 heteroatoms. The maximum Gasteiger partial charge on any atom is 0.0736 e. The normalized spacial score (nSPS) is 38.1. The predicted octanol–water partition coefficient (Wildman–Crippen LogP) is 3.44. The van der Waals surface area contributed by atoms with Crippen LogP contribution in [0.2, 0.25) is 18.6 Å². The standard InChI is InChI=1S/C13H25NSi/c1-3-11-15(2)12-7-4-8-13(15)14-9-5-6-10-14/h3,13H,1,4-12H2,2H3. The lowest BCUT2D eigenvalue weighted by Crippen LogP contribution is -2.55. The van der Waals surface area contributed by atoms with Crippen molar-refractivity contribution in [2.45, 2.75) is 56.4 Å². The summed E-state index contributed by atoms with van der Waals surface area (Å²) in [6.45, 7) is 9.36. The molecule has 2 aliphatic heterocycles. The van der Waals surface area contributed by atoms with Crippen LogP contribution in [0.25, 0.3) is 0 Å². The molecule has 0 amide bonds. The number of hydrogen-bond acceptors (Lipinski definition) is 1. The van der Waals surface area contributed by atoms with Gasteiger partial charge in [-0.15, -0.1) is 6.58 Å². The van der Waals surface area contributed by atoms with E-state index in [9.17, 15) is 0 Å². The van der Waals surface area contributed by atoms with Gasteiger partial charge in [0.2, 0.25) is 0 Å². The second-order valence-corrected chi connectivity index (χ2v) is 10.5. The first-order chi connectivity index (χ1) is 7.26. The monoisotopic (exact) mass is 223 g/mol. The summed E-state index contributed by atoms with van der Waals surface area (Å²) in [6.07, 6.45) is 9.52. The minimum atomic E-state index is -1.02. The predicted molar refractivity (Wildman–Crippen MR) is 69.9 cm³/mol. The molecule has 15 heavy (non-hydrogen) atoms. The van der Waals surface area contributed by atoms with Crippen LogP contribution >= 0.6 is 0 Å². The van der Waals surface area contributed by atoms with Crippen molar-refractivity contribution in [1.82, 2.24) is 4.90 Å². The van der Waals surface area contributed by atoms with E-state index >= 15 is 0 Å². The highest BCUT2D eigenvalue weighted by Gasteiger charge is 2.41. The summed E-state index contributed by atoms with van der Waals surface area (Å²) in [5, 5.41) is 0. The molecule has 0 aromatic rings. The fourth-order valence-electron chi connectivity index (χ4n) is 3.63. The zero-order valence-corrected chi connectivity index (χ0v) is 11.2. The lowest BCUT2D eigenvalue weighted by Gasteiger charge is -2.44. The van der Waals surface area contributed by atoms with Gasteiger partial charge in [0, 0.05) is 5.67 Å². The quantitative estimate of drug-likeness (QED) is 0.523. The van der Waals surface area contributed by atoms with Crippen LogP contribution in [0.4, 0.5) is 0 Å². The van der Waals surface area contributed by atoms with Crippen molar-refractivity contribution in [1.29, 1.82) is 0 Å². The second kappa shape index (κ2) is 4.83. The van der Waals surface area contributed by atoms with Gasteiger partial charge in [0.15, 0.2) is 0 Å². The van der Waals surface area contributed by atoms with Gasteiger partial charge in [0.05, 0.1) is 8.07 Å². The smallest absolute Gasteiger partial charge is 0.0736 e. The van der Waals surface area contributed by atoms with Crippen LogP contribution in [0.5, 0.6) is 0 Å². The minimum absolute atomic E-state index is 0.978. The fraction of sp³-hybridized carbons (Fsp3) is 0.846. The number of allylic oxidation sites excluding steroid dienone is 1. The van der Waals surface area contributed by atoms with Crippen molar-refractivity contribution in [2.24, 2.45) is 0 Å². The van der Waals surface area contributed by atoms with Crippen molar-refractivity contribution in [3.8, 4) is 0 Å². The lowest BCUT2D eigenvalue weighted by molar-refractivity contribution is 0.275. The number of rotatable bonds is 3. The molecule has 0 aromatic carbocycles. The summed E-state index contributed by atoms with van der Waals surface area (Å²) in [5.74, 6) is 0. The highest BCUT2D eigenvalue weighted by molar-refractivity contribution is 6.80. The molecule has 0 N–H and O–H groups in total. The minimum Gasteiger partial charge on any atom is -0.303 e. The molecule has 0 aromatic heterocycles.